The molecule has 11 heavy (non-hydrogen) atoms. The maximum absolute atomic E-state index is 7.09. The summed E-state index contributed by atoms with van der Waals surface area (Å²) in [4.78, 5) is 3.90. The van der Waals surface area contributed by atoms with Crippen molar-refractivity contribution in [2.45, 2.75) is 0 Å². The van der Waals surface area contributed by atoms with Gasteiger partial charge in [-0.15, -0.1) is 0 Å². The first-order valence-electron chi connectivity index (χ1n) is 3.22. The molecule has 0 saturated heterocycles. The predicted molar refractivity (Wildman–Crippen MR) is 44.8 cm³/mol. The molecule has 0 bridgehead atoms. The molecule has 0 aromatic carbocycles. The summed E-state index contributed by atoms with van der Waals surface area (Å²) in [6.45, 7) is 0. The molecule has 0 spiro atoms. The number of nitrogens with two attached hydrogens (primary N) is 1. The average Bonchev–Trinajstić information content (AvgIpc) is 2.05. The van der Waals surface area contributed by atoms with E-state index in [1.165, 1.54) is 0 Å². The maximum atomic E-state index is 7.09. The van der Waals surface area contributed by atoms with Crippen molar-refractivity contribution in [2.24, 2.45) is 5.73 Å². The van der Waals surface area contributed by atoms with Crippen molar-refractivity contribution in [2.75, 3.05) is 12.4 Å². The molecule has 0 fully saturated rings. The van der Waals surface area contributed by atoms with Crippen molar-refractivity contribution < 1.29 is 0 Å². The smallest absolute Gasteiger partial charge is 0.141 e. The number of pyridine rings is 1. The molecule has 4 N–H and O–H groups in total. The van der Waals surface area contributed by atoms with Crippen LogP contribution in [0.4, 0.5) is 5.69 Å². The number of hydrogen-bond donors (Lipinski definition) is 3. The molecular formula is C7H10N4. The van der Waals surface area contributed by atoms with E-state index in [-0.39, 0.29) is 5.84 Å². The fourth-order valence-corrected chi connectivity index (χ4v) is 0.733. The summed E-state index contributed by atoms with van der Waals surface area (Å²) in [5, 5.41) is 10.0. The molecule has 4 heteroatoms. The fraction of sp³-hybridized carbons (Fsp3) is 0.143. The van der Waals surface area contributed by atoms with E-state index in [1.807, 2.05) is 6.07 Å². The van der Waals surface area contributed by atoms with Gasteiger partial charge in [0.25, 0.3) is 0 Å². The Bertz CT molecular complexity index is 269. The number of anilines is 1. The zero-order valence-corrected chi connectivity index (χ0v) is 6.26. The molecule has 0 aliphatic rings. The van der Waals surface area contributed by atoms with Gasteiger partial charge in [-0.05, 0) is 12.1 Å². The van der Waals surface area contributed by atoms with Crippen LogP contribution in [-0.2, 0) is 0 Å². The van der Waals surface area contributed by atoms with Crippen molar-refractivity contribution in [1.82, 2.24) is 4.98 Å². The van der Waals surface area contributed by atoms with Crippen LogP contribution in [0.5, 0.6) is 0 Å². The standard InChI is InChI=1S/C7H10N4/c1-10-5-2-3-11-6(4-5)7(8)9/h2-4H,1H3,(H3,8,9)(H,10,11). The van der Waals surface area contributed by atoms with Crippen LogP contribution in [0.15, 0.2) is 18.3 Å². The van der Waals surface area contributed by atoms with Crippen LogP contribution in [0.2, 0.25) is 0 Å². The number of nitrogens with zero attached hydrogens (tertiary/aromatic N) is 1. The summed E-state index contributed by atoms with van der Waals surface area (Å²) < 4.78 is 0. The van der Waals surface area contributed by atoms with E-state index in [0.29, 0.717) is 5.69 Å². The number of nitrogens with one attached hydrogen (secondary N) is 2. The average molecular weight is 150 g/mol. The van der Waals surface area contributed by atoms with Gasteiger partial charge in [0.1, 0.15) is 11.5 Å². The number of hydrogen-bond acceptors (Lipinski definition) is 3. The van der Waals surface area contributed by atoms with Gasteiger partial charge < -0.3 is 11.1 Å². The van der Waals surface area contributed by atoms with Gasteiger partial charge in [-0.3, -0.25) is 10.4 Å². The summed E-state index contributed by atoms with van der Waals surface area (Å²) >= 11 is 0. The van der Waals surface area contributed by atoms with Crippen molar-refractivity contribution in [3.05, 3.63) is 24.0 Å². The van der Waals surface area contributed by atoms with Gasteiger partial charge in [0.05, 0.1) is 0 Å². The highest BCUT2D eigenvalue weighted by Crippen LogP contribution is 2.05. The van der Waals surface area contributed by atoms with Crippen molar-refractivity contribution in [3.63, 3.8) is 0 Å². The SMILES string of the molecule is CNc1ccnc(C(=N)N)c1. The van der Waals surface area contributed by atoms with E-state index in [1.54, 1.807) is 19.3 Å². The Labute approximate surface area is 65.0 Å². The highest BCUT2D eigenvalue weighted by atomic mass is 14.8. The van der Waals surface area contributed by atoms with Gasteiger partial charge >= 0.3 is 0 Å². The van der Waals surface area contributed by atoms with E-state index in [9.17, 15) is 0 Å². The van der Waals surface area contributed by atoms with Crippen LogP contribution in [-0.4, -0.2) is 17.9 Å². The molecule has 0 radical (unpaired) electrons. The van der Waals surface area contributed by atoms with Crippen molar-refractivity contribution in [3.8, 4) is 0 Å². The monoisotopic (exact) mass is 150 g/mol. The van der Waals surface area contributed by atoms with Crippen LogP contribution in [0.25, 0.3) is 0 Å². The summed E-state index contributed by atoms with van der Waals surface area (Å²) in [7, 11) is 1.80. The lowest BCUT2D eigenvalue weighted by molar-refractivity contribution is 1.25. The third-order valence-electron chi connectivity index (χ3n) is 1.32. The van der Waals surface area contributed by atoms with E-state index < -0.39 is 0 Å². The number of amidine groups is 1. The van der Waals surface area contributed by atoms with E-state index in [0.717, 1.165) is 5.69 Å². The van der Waals surface area contributed by atoms with Gasteiger partial charge in [0, 0.05) is 18.9 Å². The van der Waals surface area contributed by atoms with Crippen molar-refractivity contribution >= 4 is 11.5 Å². The second-order valence-electron chi connectivity index (χ2n) is 2.09. The zero-order chi connectivity index (χ0) is 8.27. The van der Waals surface area contributed by atoms with Crippen LogP contribution in [0, 0.1) is 5.41 Å². The first-order valence-corrected chi connectivity index (χ1v) is 3.22. The Balaban J connectivity index is 3.01. The lowest BCUT2D eigenvalue weighted by Crippen LogP contribution is -2.13. The van der Waals surface area contributed by atoms with Gasteiger partial charge in [-0.25, -0.2) is 0 Å². The summed E-state index contributed by atoms with van der Waals surface area (Å²) in [5.41, 5.74) is 6.64. The predicted octanol–water partition coefficient (Wildman–Crippen LogP) is 0.407. The van der Waals surface area contributed by atoms with Crippen LogP contribution >= 0.6 is 0 Å². The molecule has 4 nitrogen and oxygen atoms in total. The number of rotatable bonds is 2. The molecule has 0 aliphatic carbocycles. The molecule has 58 valence electrons. The van der Waals surface area contributed by atoms with Crippen molar-refractivity contribution in [1.29, 1.82) is 5.41 Å². The number of nitrogen functional groups attached to an aromatic ring is 1. The van der Waals surface area contributed by atoms with E-state index in [4.69, 9.17) is 11.1 Å². The molecular weight excluding hydrogens is 140 g/mol. The normalized spacial score (nSPS) is 9.18. The van der Waals surface area contributed by atoms with Gasteiger partial charge in [-0.1, -0.05) is 0 Å². The molecule has 1 heterocycles. The minimum absolute atomic E-state index is 0.0119. The second kappa shape index (κ2) is 3.01. The second-order valence-corrected chi connectivity index (χ2v) is 2.09. The minimum Gasteiger partial charge on any atom is -0.388 e. The first kappa shape index (κ1) is 7.53. The Kier molecular flexibility index (Phi) is 2.06. The third kappa shape index (κ3) is 1.67. The van der Waals surface area contributed by atoms with Gasteiger partial charge in [0.15, 0.2) is 0 Å². The summed E-state index contributed by atoms with van der Waals surface area (Å²) in [6.07, 6.45) is 1.61. The zero-order valence-electron chi connectivity index (χ0n) is 6.26. The third-order valence-corrected chi connectivity index (χ3v) is 1.32. The number of aromatic nitrogens is 1. The first-order chi connectivity index (χ1) is 5.24. The Morgan fingerprint density at radius 1 is 1.73 bits per heavy atom. The van der Waals surface area contributed by atoms with Crippen LogP contribution in [0.3, 0.4) is 0 Å². The Morgan fingerprint density at radius 2 is 2.45 bits per heavy atom. The minimum atomic E-state index is -0.0119. The molecule has 0 unspecified atom stereocenters. The lowest BCUT2D eigenvalue weighted by atomic mass is 10.3. The molecule has 1 aromatic rings. The molecule has 0 amide bonds. The molecule has 0 aliphatic heterocycles. The largest absolute Gasteiger partial charge is 0.388 e. The molecule has 1 aromatic heterocycles. The van der Waals surface area contributed by atoms with Gasteiger partial charge in [0.2, 0.25) is 0 Å². The fourth-order valence-electron chi connectivity index (χ4n) is 0.733. The van der Waals surface area contributed by atoms with E-state index >= 15 is 0 Å². The summed E-state index contributed by atoms with van der Waals surface area (Å²) in [5.74, 6) is -0.0119. The Morgan fingerprint density at radius 3 is 3.00 bits per heavy atom. The van der Waals surface area contributed by atoms with Crippen LogP contribution < -0.4 is 11.1 Å². The highest BCUT2D eigenvalue weighted by molar-refractivity contribution is 5.93. The summed E-state index contributed by atoms with van der Waals surface area (Å²) in [6, 6.07) is 3.54. The van der Waals surface area contributed by atoms with Crippen LogP contribution in [0.1, 0.15) is 5.69 Å². The molecule has 0 atom stereocenters. The molecule has 0 saturated carbocycles. The highest BCUT2D eigenvalue weighted by Gasteiger charge is 1.96. The van der Waals surface area contributed by atoms with E-state index in [2.05, 4.69) is 10.3 Å². The van der Waals surface area contributed by atoms with Gasteiger partial charge in [-0.2, -0.15) is 0 Å². The maximum Gasteiger partial charge on any atom is 0.141 e. The Hall–Kier alpha value is -1.58. The lowest BCUT2D eigenvalue weighted by Gasteiger charge is -2.00. The quantitative estimate of drug-likeness (QED) is 0.422. The topological polar surface area (TPSA) is 74.8 Å². The molecule has 1 rings (SSSR count).